The van der Waals surface area contributed by atoms with Crippen LogP contribution in [0, 0.1) is 0 Å². The lowest BCUT2D eigenvalue weighted by atomic mass is 10.0. The van der Waals surface area contributed by atoms with Crippen LogP contribution in [-0.2, 0) is 22.4 Å². The van der Waals surface area contributed by atoms with Crippen molar-refractivity contribution in [3.05, 3.63) is 35.4 Å². The van der Waals surface area contributed by atoms with E-state index in [1.54, 1.807) is 11.1 Å². The van der Waals surface area contributed by atoms with Gasteiger partial charge in [0.05, 0.1) is 0 Å². The first-order chi connectivity index (χ1) is 32.6. The molecule has 4 nitrogen and oxygen atoms in total. The topological polar surface area (TPSA) is 86.2 Å². The van der Waals surface area contributed by atoms with Crippen molar-refractivity contribution in [3.8, 4) is 0 Å². The molecule has 0 saturated heterocycles. The number of carbonyl (C=O) groups is 2. The number of aryl methyl sites for hydroxylation is 2. The largest absolute Gasteiger partial charge is 0.370 e. The fourth-order valence-electron chi connectivity index (χ4n) is 10.3. The summed E-state index contributed by atoms with van der Waals surface area (Å²) in [6.07, 6.45) is 73.3. The van der Waals surface area contributed by atoms with Gasteiger partial charge in [-0.15, -0.1) is 0 Å². The van der Waals surface area contributed by atoms with Crippen LogP contribution >= 0.6 is 0 Å². The molecular weight excluding hydrogens is 805 g/mol. The summed E-state index contributed by atoms with van der Waals surface area (Å²) in [5.41, 5.74) is 13.5. The van der Waals surface area contributed by atoms with Gasteiger partial charge in [0.15, 0.2) is 0 Å². The van der Waals surface area contributed by atoms with E-state index < -0.39 is 0 Å². The van der Waals surface area contributed by atoms with Gasteiger partial charge in [-0.25, -0.2) is 0 Å². The van der Waals surface area contributed by atoms with Crippen molar-refractivity contribution < 1.29 is 9.59 Å². The summed E-state index contributed by atoms with van der Waals surface area (Å²) < 4.78 is 0. The molecule has 0 bridgehead atoms. The Hall–Kier alpha value is -1.84. The van der Waals surface area contributed by atoms with Gasteiger partial charge in [-0.05, 0) is 49.7 Å². The predicted octanol–water partition coefficient (Wildman–Crippen LogP) is 20.0. The van der Waals surface area contributed by atoms with Crippen LogP contribution < -0.4 is 11.5 Å². The van der Waals surface area contributed by atoms with Gasteiger partial charge in [0.25, 0.3) is 0 Å². The van der Waals surface area contributed by atoms with Crippen LogP contribution in [0.25, 0.3) is 0 Å². The fraction of sp³-hybridized carbons (Fsp3) is 0.871. The number of amides is 2. The zero-order chi connectivity index (χ0) is 47.3. The molecule has 4 heteroatoms. The third-order valence-corrected chi connectivity index (χ3v) is 14.8. The van der Waals surface area contributed by atoms with Gasteiger partial charge in [-0.2, -0.15) is 0 Å². The van der Waals surface area contributed by atoms with E-state index in [0.717, 1.165) is 25.7 Å². The maximum atomic E-state index is 10.8. The minimum absolute atomic E-state index is 0.150. The lowest BCUT2D eigenvalue weighted by Crippen LogP contribution is -2.09. The maximum Gasteiger partial charge on any atom is 0.217 e. The minimum atomic E-state index is -0.150. The summed E-state index contributed by atoms with van der Waals surface area (Å²) in [5, 5.41) is 0. The van der Waals surface area contributed by atoms with Gasteiger partial charge >= 0.3 is 0 Å². The van der Waals surface area contributed by atoms with Crippen molar-refractivity contribution >= 4 is 11.8 Å². The van der Waals surface area contributed by atoms with Crippen molar-refractivity contribution in [2.75, 3.05) is 0 Å². The summed E-state index contributed by atoms with van der Waals surface area (Å²) in [6, 6.07) is 9.65. The van der Waals surface area contributed by atoms with E-state index in [9.17, 15) is 9.59 Å². The molecule has 0 aliphatic heterocycles. The Labute approximate surface area is 413 Å². The summed E-state index contributed by atoms with van der Waals surface area (Å²) in [6.45, 7) is 0. The van der Waals surface area contributed by atoms with Crippen LogP contribution in [0.15, 0.2) is 24.3 Å². The van der Waals surface area contributed by atoms with Gasteiger partial charge in [-0.3, -0.25) is 9.59 Å². The Morgan fingerprint density at radius 2 is 0.333 bits per heavy atom. The van der Waals surface area contributed by atoms with Crippen LogP contribution in [0.3, 0.4) is 0 Å². The standard InChI is InChI=1S/C62H116N2O2/c63-61(65)53-49-45-41-37-33-29-25-21-17-13-9-5-1-3-7-11-15-19-23-27-31-35-39-43-47-51-59-55-57-60(58-56-59)52-48-44-40-36-32-28-24-20-16-12-8-4-2-6-10-14-18-22-26-30-34-38-42-46-50-54-62(64)66/h55-58H,1-54H2,(H2,63,65)(H2,64,66). The minimum Gasteiger partial charge on any atom is -0.370 e. The van der Waals surface area contributed by atoms with Crippen molar-refractivity contribution in [3.63, 3.8) is 0 Å². The highest BCUT2D eigenvalue weighted by molar-refractivity contribution is 5.73. The number of hydrogen-bond donors (Lipinski definition) is 2. The summed E-state index contributed by atoms with van der Waals surface area (Å²) >= 11 is 0. The molecule has 1 aromatic rings. The Morgan fingerprint density at radius 1 is 0.212 bits per heavy atom. The van der Waals surface area contributed by atoms with Gasteiger partial charge in [0.2, 0.25) is 11.8 Å². The Morgan fingerprint density at radius 3 is 0.470 bits per heavy atom. The molecule has 2 amide bonds. The van der Waals surface area contributed by atoms with E-state index in [2.05, 4.69) is 24.3 Å². The Balaban J connectivity index is 1.72. The van der Waals surface area contributed by atoms with E-state index in [-0.39, 0.29) is 11.8 Å². The molecule has 0 saturated carbocycles. The van der Waals surface area contributed by atoms with Crippen molar-refractivity contribution in [1.82, 2.24) is 0 Å². The second kappa shape index (κ2) is 52.5. The Kier molecular flexibility index (Phi) is 49.5. The molecule has 0 radical (unpaired) electrons. The van der Waals surface area contributed by atoms with Crippen molar-refractivity contribution in [2.24, 2.45) is 11.5 Å². The average molecular weight is 922 g/mol. The zero-order valence-electron chi connectivity index (χ0n) is 44.5. The molecule has 4 N–H and O–H groups in total. The first kappa shape index (κ1) is 62.2. The van der Waals surface area contributed by atoms with Gasteiger partial charge in [-0.1, -0.05) is 320 Å². The zero-order valence-corrected chi connectivity index (χ0v) is 44.5. The highest BCUT2D eigenvalue weighted by atomic mass is 16.1. The molecule has 0 unspecified atom stereocenters. The number of rotatable bonds is 56. The number of hydrogen-bond acceptors (Lipinski definition) is 2. The first-order valence-electron chi connectivity index (χ1n) is 30.2. The normalized spacial score (nSPS) is 11.5. The molecule has 0 heterocycles. The summed E-state index contributed by atoms with van der Waals surface area (Å²) in [4.78, 5) is 21.5. The van der Waals surface area contributed by atoms with Crippen LogP contribution in [0.5, 0.6) is 0 Å². The quantitative estimate of drug-likeness (QED) is 0.0638. The van der Waals surface area contributed by atoms with E-state index in [1.165, 1.54) is 308 Å². The SMILES string of the molecule is NC(=O)CCCCCCCCCCCCCCCCCCCCCCCCCCCc1ccc(CCCCCCCCCCCCCCCCCCCCCCCCCCCC(N)=O)cc1. The first-order valence-corrected chi connectivity index (χ1v) is 30.2. The number of benzene rings is 1. The number of primary amides is 2. The van der Waals surface area contributed by atoms with Crippen LogP contribution in [-0.4, -0.2) is 11.8 Å². The maximum absolute atomic E-state index is 10.8. The summed E-state index contributed by atoms with van der Waals surface area (Å²) in [5.74, 6) is -0.299. The summed E-state index contributed by atoms with van der Waals surface area (Å²) in [7, 11) is 0. The van der Waals surface area contributed by atoms with Crippen LogP contribution in [0.1, 0.15) is 345 Å². The van der Waals surface area contributed by atoms with E-state index in [1.807, 2.05) is 0 Å². The highest BCUT2D eigenvalue weighted by Crippen LogP contribution is 2.19. The highest BCUT2D eigenvalue weighted by Gasteiger charge is 2.02. The van der Waals surface area contributed by atoms with E-state index in [0.29, 0.717) is 12.8 Å². The molecule has 0 atom stereocenters. The van der Waals surface area contributed by atoms with Gasteiger partial charge < -0.3 is 11.5 Å². The van der Waals surface area contributed by atoms with E-state index in [4.69, 9.17) is 11.5 Å². The van der Waals surface area contributed by atoms with Gasteiger partial charge in [0, 0.05) is 12.8 Å². The van der Waals surface area contributed by atoms with Crippen molar-refractivity contribution in [1.29, 1.82) is 0 Å². The molecule has 0 aliphatic carbocycles. The lowest BCUT2D eigenvalue weighted by Gasteiger charge is -2.06. The lowest BCUT2D eigenvalue weighted by molar-refractivity contribution is -0.119. The molecule has 0 fully saturated rings. The molecule has 66 heavy (non-hydrogen) atoms. The Bertz CT molecular complexity index is 1030. The molecule has 1 rings (SSSR count). The van der Waals surface area contributed by atoms with Gasteiger partial charge in [0.1, 0.15) is 0 Å². The molecular formula is C62H116N2O2. The fourth-order valence-corrected chi connectivity index (χ4v) is 10.3. The molecule has 0 spiro atoms. The molecule has 0 aliphatic rings. The molecule has 386 valence electrons. The van der Waals surface area contributed by atoms with Crippen LogP contribution in [0.2, 0.25) is 0 Å². The smallest absolute Gasteiger partial charge is 0.217 e. The molecule has 0 aromatic heterocycles. The molecule has 1 aromatic carbocycles. The van der Waals surface area contributed by atoms with E-state index >= 15 is 0 Å². The third kappa shape index (κ3) is 50.0. The van der Waals surface area contributed by atoms with Crippen molar-refractivity contribution in [2.45, 2.75) is 347 Å². The number of carbonyl (C=O) groups excluding carboxylic acids is 2. The second-order valence-corrected chi connectivity index (χ2v) is 21.4. The average Bonchev–Trinajstić information content (AvgIpc) is 3.31. The van der Waals surface area contributed by atoms with Crippen LogP contribution in [0.4, 0.5) is 0 Å². The monoisotopic (exact) mass is 921 g/mol. The number of unbranched alkanes of at least 4 members (excludes halogenated alkanes) is 48. The predicted molar refractivity (Wildman–Crippen MR) is 292 cm³/mol. The number of nitrogens with two attached hydrogens (primary N) is 2. The third-order valence-electron chi connectivity index (χ3n) is 14.8. The second-order valence-electron chi connectivity index (χ2n) is 21.4.